The number of hydrogen-bond acceptors (Lipinski definition) is 3. The zero-order valence-corrected chi connectivity index (χ0v) is 12.2. The molecule has 0 aliphatic heterocycles. The van der Waals surface area contributed by atoms with Gasteiger partial charge in [0.15, 0.2) is 0 Å². The molecule has 2 aromatic rings. The molecule has 6 heteroatoms. The van der Waals surface area contributed by atoms with E-state index in [1.807, 2.05) is 0 Å². The minimum absolute atomic E-state index is 0.177. The zero-order chi connectivity index (χ0) is 14.7. The highest BCUT2D eigenvalue weighted by atomic mass is 35.5. The molecule has 0 saturated carbocycles. The monoisotopic (exact) mass is 297 g/mol. The summed E-state index contributed by atoms with van der Waals surface area (Å²) in [7, 11) is 0. The van der Waals surface area contributed by atoms with E-state index in [1.54, 1.807) is 4.68 Å². The summed E-state index contributed by atoms with van der Waals surface area (Å²) in [5.74, 6) is 0.567. The van der Waals surface area contributed by atoms with E-state index in [0.29, 0.717) is 23.3 Å². The van der Waals surface area contributed by atoms with Crippen molar-refractivity contribution in [3.05, 3.63) is 46.8 Å². The van der Waals surface area contributed by atoms with Gasteiger partial charge in [-0.1, -0.05) is 25.4 Å². The second-order valence-electron chi connectivity index (χ2n) is 5.14. The third kappa shape index (κ3) is 3.55. The molecule has 108 valence electrons. The number of aromatic nitrogens is 3. The van der Waals surface area contributed by atoms with Crippen molar-refractivity contribution in [1.82, 2.24) is 14.8 Å². The maximum atomic E-state index is 13.7. The molecule has 1 aromatic heterocycles. The molecule has 0 fully saturated rings. The van der Waals surface area contributed by atoms with Gasteiger partial charge in [0.05, 0.1) is 6.10 Å². The second kappa shape index (κ2) is 6.33. The first-order valence-corrected chi connectivity index (χ1v) is 6.85. The van der Waals surface area contributed by atoms with Gasteiger partial charge in [0.25, 0.3) is 0 Å². The normalized spacial score (nSPS) is 12.9. The first-order chi connectivity index (χ1) is 9.47. The summed E-state index contributed by atoms with van der Waals surface area (Å²) in [6.45, 7) is 4.84. The molecule has 0 aliphatic carbocycles. The van der Waals surface area contributed by atoms with Gasteiger partial charge in [-0.2, -0.15) is 5.10 Å². The van der Waals surface area contributed by atoms with Gasteiger partial charge in [-0.3, -0.25) is 0 Å². The maximum Gasteiger partial charge on any atom is 0.138 e. The molecule has 0 spiro atoms. The van der Waals surface area contributed by atoms with E-state index in [0.717, 1.165) is 0 Å². The zero-order valence-electron chi connectivity index (χ0n) is 11.4. The standard InChI is InChI=1S/C14H17ClFN3O/c1-9(2)7-19-14(17-8-18-19)6-13(20)11-5-10(15)3-4-12(11)16/h3-5,8-9,13,20H,6-7H2,1-2H3. The molecule has 1 atom stereocenters. The van der Waals surface area contributed by atoms with Crippen LogP contribution in [0.4, 0.5) is 4.39 Å². The third-order valence-corrected chi connectivity index (χ3v) is 3.16. The summed E-state index contributed by atoms with van der Waals surface area (Å²) in [4.78, 5) is 4.12. The van der Waals surface area contributed by atoms with Gasteiger partial charge >= 0.3 is 0 Å². The fourth-order valence-electron chi connectivity index (χ4n) is 2.00. The first-order valence-electron chi connectivity index (χ1n) is 6.47. The average molecular weight is 298 g/mol. The summed E-state index contributed by atoms with van der Waals surface area (Å²) < 4.78 is 15.4. The van der Waals surface area contributed by atoms with Crippen LogP contribution in [0.3, 0.4) is 0 Å². The van der Waals surface area contributed by atoms with Crippen molar-refractivity contribution in [2.45, 2.75) is 32.9 Å². The summed E-state index contributed by atoms with van der Waals surface area (Å²) in [5.41, 5.74) is 0.177. The Labute approximate surface area is 122 Å². The molecule has 0 bridgehead atoms. The number of nitrogens with zero attached hydrogens (tertiary/aromatic N) is 3. The van der Waals surface area contributed by atoms with Crippen molar-refractivity contribution in [2.75, 3.05) is 0 Å². The molecule has 4 nitrogen and oxygen atoms in total. The van der Waals surface area contributed by atoms with Crippen molar-refractivity contribution in [3.63, 3.8) is 0 Å². The predicted octanol–water partition coefficient (Wildman–Crippen LogP) is 3.00. The van der Waals surface area contributed by atoms with E-state index in [4.69, 9.17) is 11.6 Å². The minimum atomic E-state index is -0.996. The molecule has 20 heavy (non-hydrogen) atoms. The number of aliphatic hydroxyl groups is 1. The molecular formula is C14H17ClFN3O. The Kier molecular flexibility index (Phi) is 4.73. The van der Waals surface area contributed by atoms with E-state index in [9.17, 15) is 9.50 Å². The Bertz CT molecular complexity index is 586. The van der Waals surface area contributed by atoms with Crippen molar-refractivity contribution >= 4 is 11.6 Å². The quantitative estimate of drug-likeness (QED) is 0.923. The Balaban J connectivity index is 2.17. The number of hydrogen-bond donors (Lipinski definition) is 1. The SMILES string of the molecule is CC(C)Cn1ncnc1CC(O)c1cc(Cl)ccc1F. The lowest BCUT2D eigenvalue weighted by atomic mass is 10.1. The lowest BCUT2D eigenvalue weighted by Gasteiger charge is -2.13. The highest BCUT2D eigenvalue weighted by Gasteiger charge is 2.17. The number of rotatable bonds is 5. The smallest absolute Gasteiger partial charge is 0.138 e. The molecule has 0 radical (unpaired) electrons. The van der Waals surface area contributed by atoms with Gasteiger partial charge in [0, 0.05) is 23.6 Å². The Morgan fingerprint density at radius 3 is 2.85 bits per heavy atom. The van der Waals surface area contributed by atoms with Crippen LogP contribution in [0.25, 0.3) is 0 Å². The molecule has 0 amide bonds. The van der Waals surface area contributed by atoms with Crippen LogP contribution in [0.2, 0.25) is 5.02 Å². The van der Waals surface area contributed by atoms with Gasteiger partial charge in [0.1, 0.15) is 18.0 Å². The number of benzene rings is 1. The Morgan fingerprint density at radius 1 is 1.40 bits per heavy atom. The predicted molar refractivity (Wildman–Crippen MR) is 74.9 cm³/mol. The highest BCUT2D eigenvalue weighted by molar-refractivity contribution is 6.30. The largest absolute Gasteiger partial charge is 0.388 e. The van der Waals surface area contributed by atoms with Gasteiger partial charge in [-0.25, -0.2) is 14.1 Å². The van der Waals surface area contributed by atoms with Gasteiger partial charge in [0.2, 0.25) is 0 Å². The first kappa shape index (κ1) is 14.9. The minimum Gasteiger partial charge on any atom is -0.388 e. The summed E-state index contributed by atoms with van der Waals surface area (Å²) in [6.07, 6.45) is 0.645. The van der Waals surface area contributed by atoms with E-state index in [2.05, 4.69) is 23.9 Å². The van der Waals surface area contributed by atoms with Crippen LogP contribution in [-0.4, -0.2) is 19.9 Å². The van der Waals surface area contributed by atoms with E-state index in [1.165, 1.54) is 24.5 Å². The van der Waals surface area contributed by atoms with E-state index < -0.39 is 11.9 Å². The summed E-state index contributed by atoms with van der Waals surface area (Å²) in [6, 6.07) is 4.14. The molecule has 0 saturated heterocycles. The van der Waals surface area contributed by atoms with Crippen LogP contribution in [0, 0.1) is 11.7 Å². The molecule has 1 unspecified atom stereocenters. The van der Waals surface area contributed by atoms with Crippen molar-refractivity contribution < 1.29 is 9.50 Å². The lowest BCUT2D eigenvalue weighted by Crippen LogP contribution is -2.14. The van der Waals surface area contributed by atoms with Crippen molar-refractivity contribution in [3.8, 4) is 0 Å². The van der Waals surface area contributed by atoms with Crippen LogP contribution in [0.1, 0.15) is 31.3 Å². The fraction of sp³-hybridized carbons (Fsp3) is 0.429. The Hall–Kier alpha value is -1.46. The number of aliphatic hydroxyl groups excluding tert-OH is 1. The summed E-state index contributed by atoms with van der Waals surface area (Å²) >= 11 is 5.83. The third-order valence-electron chi connectivity index (χ3n) is 2.93. The number of halogens is 2. The molecule has 1 N–H and O–H groups in total. The van der Waals surface area contributed by atoms with E-state index >= 15 is 0 Å². The van der Waals surface area contributed by atoms with Crippen LogP contribution in [0.15, 0.2) is 24.5 Å². The molecule has 1 heterocycles. The van der Waals surface area contributed by atoms with Crippen LogP contribution in [-0.2, 0) is 13.0 Å². The van der Waals surface area contributed by atoms with E-state index in [-0.39, 0.29) is 12.0 Å². The van der Waals surface area contributed by atoms with Crippen molar-refractivity contribution in [2.24, 2.45) is 5.92 Å². The molecule has 0 aliphatic rings. The van der Waals surface area contributed by atoms with Gasteiger partial charge < -0.3 is 5.11 Å². The molecule has 2 rings (SSSR count). The van der Waals surface area contributed by atoms with Gasteiger partial charge in [-0.15, -0.1) is 0 Å². The van der Waals surface area contributed by atoms with Crippen LogP contribution < -0.4 is 0 Å². The second-order valence-corrected chi connectivity index (χ2v) is 5.57. The lowest BCUT2D eigenvalue weighted by molar-refractivity contribution is 0.169. The average Bonchev–Trinajstić information content (AvgIpc) is 2.78. The topological polar surface area (TPSA) is 50.9 Å². The molecular weight excluding hydrogens is 281 g/mol. The highest BCUT2D eigenvalue weighted by Crippen LogP contribution is 2.23. The maximum absolute atomic E-state index is 13.7. The van der Waals surface area contributed by atoms with Crippen molar-refractivity contribution in [1.29, 1.82) is 0 Å². The van der Waals surface area contributed by atoms with Gasteiger partial charge in [-0.05, 0) is 24.1 Å². The van der Waals surface area contributed by atoms with Crippen LogP contribution >= 0.6 is 11.6 Å². The Morgan fingerprint density at radius 2 is 2.15 bits per heavy atom. The summed E-state index contributed by atoms with van der Waals surface area (Å²) in [5, 5.41) is 14.7. The molecule has 1 aromatic carbocycles. The fourth-order valence-corrected chi connectivity index (χ4v) is 2.18. The van der Waals surface area contributed by atoms with Crippen LogP contribution in [0.5, 0.6) is 0 Å².